The second kappa shape index (κ2) is 6.15. The highest BCUT2D eigenvalue weighted by Crippen LogP contribution is 2.18. The number of hydrogen-bond acceptors (Lipinski definition) is 3. The Morgan fingerprint density at radius 1 is 1.41 bits per heavy atom. The second-order valence-corrected chi connectivity index (χ2v) is 4.07. The molecule has 0 fully saturated rings. The number of carbonyl (C=O) groups is 2. The SMILES string of the molecule is CC(=O)c1cccc([C@H](N)CCCC(=O)O)c1. The van der Waals surface area contributed by atoms with Gasteiger partial charge in [0.05, 0.1) is 0 Å². The Kier molecular flexibility index (Phi) is 4.84. The zero-order chi connectivity index (χ0) is 12.8. The van der Waals surface area contributed by atoms with E-state index in [-0.39, 0.29) is 18.2 Å². The van der Waals surface area contributed by atoms with Crippen molar-refractivity contribution in [2.24, 2.45) is 5.73 Å². The Morgan fingerprint density at radius 2 is 2.12 bits per heavy atom. The van der Waals surface area contributed by atoms with Gasteiger partial charge in [-0.3, -0.25) is 9.59 Å². The zero-order valence-corrected chi connectivity index (χ0v) is 9.85. The van der Waals surface area contributed by atoms with Crippen LogP contribution in [0, 0.1) is 0 Å². The first kappa shape index (κ1) is 13.4. The van der Waals surface area contributed by atoms with Gasteiger partial charge in [0.25, 0.3) is 0 Å². The summed E-state index contributed by atoms with van der Waals surface area (Å²) in [6, 6.07) is 6.96. The minimum absolute atomic E-state index is 0.00425. The molecule has 0 aliphatic carbocycles. The van der Waals surface area contributed by atoms with Crippen molar-refractivity contribution >= 4 is 11.8 Å². The number of rotatable bonds is 6. The number of carbonyl (C=O) groups excluding carboxylic acids is 1. The first-order valence-electron chi connectivity index (χ1n) is 5.59. The first-order valence-corrected chi connectivity index (χ1v) is 5.59. The number of carboxylic acids is 1. The van der Waals surface area contributed by atoms with Crippen molar-refractivity contribution in [3.8, 4) is 0 Å². The van der Waals surface area contributed by atoms with Crippen molar-refractivity contribution in [2.45, 2.75) is 32.2 Å². The molecule has 0 saturated heterocycles. The summed E-state index contributed by atoms with van der Waals surface area (Å²) < 4.78 is 0. The van der Waals surface area contributed by atoms with E-state index in [9.17, 15) is 9.59 Å². The van der Waals surface area contributed by atoms with E-state index in [1.807, 2.05) is 6.07 Å². The number of aliphatic carboxylic acids is 1. The predicted octanol–water partition coefficient (Wildman–Crippen LogP) is 2.14. The quantitative estimate of drug-likeness (QED) is 0.740. The molecule has 92 valence electrons. The van der Waals surface area contributed by atoms with Crippen molar-refractivity contribution in [1.29, 1.82) is 0 Å². The number of hydrogen-bond donors (Lipinski definition) is 2. The van der Waals surface area contributed by atoms with Gasteiger partial charge in [0.1, 0.15) is 0 Å². The van der Waals surface area contributed by atoms with E-state index in [0.717, 1.165) is 5.56 Å². The van der Waals surface area contributed by atoms with Gasteiger partial charge in [-0.25, -0.2) is 0 Å². The van der Waals surface area contributed by atoms with Gasteiger partial charge in [-0.15, -0.1) is 0 Å². The predicted molar refractivity (Wildman–Crippen MR) is 64.9 cm³/mol. The van der Waals surface area contributed by atoms with Crippen LogP contribution in [-0.2, 0) is 4.79 Å². The van der Waals surface area contributed by atoms with Crippen LogP contribution < -0.4 is 5.73 Å². The van der Waals surface area contributed by atoms with Crippen LogP contribution in [0.15, 0.2) is 24.3 Å². The second-order valence-electron chi connectivity index (χ2n) is 4.07. The number of ketones is 1. The molecule has 0 heterocycles. The summed E-state index contributed by atoms with van der Waals surface area (Å²) in [7, 11) is 0. The topological polar surface area (TPSA) is 80.4 Å². The van der Waals surface area contributed by atoms with Gasteiger partial charge in [0, 0.05) is 18.0 Å². The van der Waals surface area contributed by atoms with Crippen LogP contribution in [0.25, 0.3) is 0 Å². The average Bonchev–Trinajstić information content (AvgIpc) is 2.28. The molecular weight excluding hydrogens is 218 g/mol. The van der Waals surface area contributed by atoms with Gasteiger partial charge >= 0.3 is 5.97 Å². The van der Waals surface area contributed by atoms with Crippen LogP contribution in [0.5, 0.6) is 0 Å². The molecule has 0 saturated carbocycles. The van der Waals surface area contributed by atoms with Gasteiger partial charge in [-0.1, -0.05) is 18.2 Å². The van der Waals surface area contributed by atoms with Crippen molar-refractivity contribution in [3.05, 3.63) is 35.4 Å². The summed E-state index contributed by atoms with van der Waals surface area (Å²) in [6.45, 7) is 1.51. The Hall–Kier alpha value is -1.68. The third-order valence-electron chi connectivity index (χ3n) is 2.63. The maximum atomic E-state index is 11.2. The third-order valence-corrected chi connectivity index (χ3v) is 2.63. The van der Waals surface area contributed by atoms with E-state index in [1.54, 1.807) is 18.2 Å². The number of Topliss-reactive ketones (excluding diaryl/α,β-unsaturated/α-hetero) is 1. The maximum Gasteiger partial charge on any atom is 0.303 e. The zero-order valence-electron chi connectivity index (χ0n) is 9.85. The standard InChI is InChI=1S/C13H17NO3/c1-9(15)10-4-2-5-11(8-10)12(14)6-3-7-13(16)17/h2,4-5,8,12H,3,6-7,14H2,1H3,(H,16,17)/t12-/m1/s1. The third kappa shape index (κ3) is 4.36. The first-order chi connectivity index (χ1) is 8.00. The lowest BCUT2D eigenvalue weighted by atomic mass is 9.99. The largest absolute Gasteiger partial charge is 0.481 e. The lowest BCUT2D eigenvalue weighted by Crippen LogP contribution is -2.11. The monoisotopic (exact) mass is 235 g/mol. The Morgan fingerprint density at radius 3 is 2.71 bits per heavy atom. The molecular formula is C13H17NO3. The van der Waals surface area contributed by atoms with Gasteiger partial charge in [0.2, 0.25) is 0 Å². The Balaban J connectivity index is 2.62. The highest BCUT2D eigenvalue weighted by molar-refractivity contribution is 5.94. The molecule has 0 aliphatic heterocycles. The van der Waals surface area contributed by atoms with E-state index in [2.05, 4.69) is 0 Å². The Bertz CT molecular complexity index is 415. The summed E-state index contributed by atoms with van der Waals surface area (Å²) in [6.07, 6.45) is 1.27. The van der Waals surface area contributed by atoms with E-state index in [4.69, 9.17) is 10.8 Å². The van der Waals surface area contributed by atoms with Crippen LogP contribution >= 0.6 is 0 Å². The molecule has 3 N–H and O–H groups in total. The summed E-state index contributed by atoms with van der Waals surface area (Å²) in [5, 5.41) is 8.53. The number of benzene rings is 1. The average molecular weight is 235 g/mol. The molecule has 1 atom stereocenters. The van der Waals surface area contributed by atoms with Crippen molar-refractivity contribution in [3.63, 3.8) is 0 Å². The molecule has 1 rings (SSSR count). The van der Waals surface area contributed by atoms with E-state index < -0.39 is 5.97 Å². The molecule has 0 radical (unpaired) electrons. The highest BCUT2D eigenvalue weighted by atomic mass is 16.4. The van der Waals surface area contributed by atoms with Crippen molar-refractivity contribution in [2.75, 3.05) is 0 Å². The van der Waals surface area contributed by atoms with Gasteiger partial charge in [-0.2, -0.15) is 0 Å². The fourth-order valence-corrected chi connectivity index (χ4v) is 1.63. The molecule has 1 aromatic rings. The number of carboxylic acid groups (broad SMARTS) is 1. The molecule has 0 bridgehead atoms. The Labute approximate surface area is 100 Å². The smallest absolute Gasteiger partial charge is 0.303 e. The van der Waals surface area contributed by atoms with E-state index in [1.165, 1.54) is 6.92 Å². The summed E-state index contributed by atoms with van der Waals surface area (Å²) in [5.74, 6) is -0.806. The summed E-state index contributed by atoms with van der Waals surface area (Å²) in [5.41, 5.74) is 7.46. The molecule has 1 aromatic carbocycles. The van der Waals surface area contributed by atoms with E-state index >= 15 is 0 Å². The lowest BCUT2D eigenvalue weighted by Gasteiger charge is -2.12. The van der Waals surface area contributed by atoms with Crippen LogP contribution in [0.4, 0.5) is 0 Å². The number of nitrogens with two attached hydrogens (primary N) is 1. The van der Waals surface area contributed by atoms with Gasteiger partial charge in [-0.05, 0) is 31.4 Å². The van der Waals surface area contributed by atoms with Gasteiger partial charge < -0.3 is 10.8 Å². The lowest BCUT2D eigenvalue weighted by molar-refractivity contribution is -0.137. The summed E-state index contributed by atoms with van der Waals surface area (Å²) >= 11 is 0. The van der Waals surface area contributed by atoms with Crippen LogP contribution in [0.1, 0.15) is 48.1 Å². The van der Waals surface area contributed by atoms with E-state index in [0.29, 0.717) is 18.4 Å². The molecule has 0 amide bonds. The fourth-order valence-electron chi connectivity index (χ4n) is 1.63. The fraction of sp³-hybridized carbons (Fsp3) is 0.385. The maximum absolute atomic E-state index is 11.2. The van der Waals surface area contributed by atoms with Gasteiger partial charge in [0.15, 0.2) is 5.78 Å². The van der Waals surface area contributed by atoms with Crippen LogP contribution in [0.2, 0.25) is 0 Å². The summed E-state index contributed by atoms with van der Waals surface area (Å²) in [4.78, 5) is 21.6. The van der Waals surface area contributed by atoms with Crippen LogP contribution in [0.3, 0.4) is 0 Å². The minimum Gasteiger partial charge on any atom is -0.481 e. The van der Waals surface area contributed by atoms with Crippen LogP contribution in [-0.4, -0.2) is 16.9 Å². The molecule has 0 spiro atoms. The minimum atomic E-state index is -0.810. The highest BCUT2D eigenvalue weighted by Gasteiger charge is 2.09. The van der Waals surface area contributed by atoms with Crippen molar-refractivity contribution < 1.29 is 14.7 Å². The molecule has 0 aromatic heterocycles. The normalized spacial score (nSPS) is 12.1. The molecule has 0 aliphatic rings. The molecule has 0 unspecified atom stereocenters. The molecule has 17 heavy (non-hydrogen) atoms. The molecule has 4 nitrogen and oxygen atoms in total. The molecule has 4 heteroatoms. The van der Waals surface area contributed by atoms with Crippen molar-refractivity contribution in [1.82, 2.24) is 0 Å².